The van der Waals surface area contributed by atoms with Crippen molar-refractivity contribution in [3.8, 4) is 0 Å². The smallest absolute Gasteiger partial charge is 0.119 e. The number of hydrogen-bond acceptors (Lipinski definition) is 3. The van der Waals surface area contributed by atoms with Crippen LogP contribution in [-0.4, -0.2) is 19.9 Å². The Morgan fingerprint density at radius 3 is 2.60 bits per heavy atom. The molecule has 0 bridgehead atoms. The molecule has 0 aliphatic rings. The lowest BCUT2D eigenvalue weighted by Gasteiger charge is -2.12. The average molecular weight is 268 g/mol. The van der Waals surface area contributed by atoms with Gasteiger partial charge in [0, 0.05) is 4.47 Å². The Labute approximate surface area is 95.7 Å². The maximum absolute atomic E-state index is 9.97. The molecule has 0 aliphatic carbocycles. The van der Waals surface area contributed by atoms with Gasteiger partial charge in [-0.1, -0.05) is 34.1 Å². The Morgan fingerprint density at radius 1 is 1.27 bits per heavy atom. The average Bonchev–Trinajstić information content (AvgIpc) is 2.71. The third-order valence-corrected chi connectivity index (χ3v) is 2.84. The first-order valence-electron chi connectivity index (χ1n) is 4.52. The molecule has 1 heterocycles. The number of nitrogens with zero attached hydrogens (tertiary/aromatic N) is 3. The molecule has 1 aromatic carbocycles. The van der Waals surface area contributed by atoms with Crippen LogP contribution in [0.3, 0.4) is 0 Å². The monoisotopic (exact) mass is 267 g/mol. The van der Waals surface area contributed by atoms with Crippen LogP contribution in [0.2, 0.25) is 0 Å². The first-order chi connectivity index (χ1) is 7.27. The van der Waals surface area contributed by atoms with Gasteiger partial charge in [-0.05, 0) is 11.6 Å². The van der Waals surface area contributed by atoms with E-state index in [1.165, 1.54) is 0 Å². The van der Waals surface area contributed by atoms with E-state index in [1.807, 2.05) is 24.3 Å². The molecule has 78 valence electrons. The van der Waals surface area contributed by atoms with Crippen LogP contribution in [0.25, 0.3) is 0 Å². The molecule has 1 atom stereocenters. The zero-order chi connectivity index (χ0) is 10.7. The Morgan fingerprint density at radius 2 is 1.93 bits per heavy atom. The molecular weight excluding hydrogens is 258 g/mol. The third-order valence-electron chi connectivity index (χ3n) is 2.11. The lowest BCUT2D eigenvalue weighted by molar-refractivity contribution is 0.155. The summed E-state index contributed by atoms with van der Waals surface area (Å²) < 4.78 is 2.65. The van der Waals surface area contributed by atoms with Gasteiger partial charge in [-0.15, -0.1) is 10.2 Å². The summed E-state index contributed by atoms with van der Waals surface area (Å²) in [6.07, 6.45) is 2.61. The number of hydrogen-bond donors (Lipinski definition) is 1. The molecule has 0 aliphatic heterocycles. The maximum atomic E-state index is 9.97. The van der Waals surface area contributed by atoms with E-state index in [1.54, 1.807) is 17.2 Å². The molecule has 0 amide bonds. The number of rotatable bonds is 3. The van der Waals surface area contributed by atoms with E-state index in [0.29, 0.717) is 6.54 Å². The maximum Gasteiger partial charge on any atom is 0.119 e. The van der Waals surface area contributed by atoms with Crippen molar-refractivity contribution in [3.05, 3.63) is 47.0 Å². The summed E-state index contributed by atoms with van der Waals surface area (Å²) in [6.45, 7) is 0.454. The Bertz CT molecular complexity index is 430. The largest absolute Gasteiger partial charge is 0.386 e. The number of aromatic nitrogens is 3. The predicted octanol–water partition coefficient (Wildman–Crippen LogP) is 1.77. The number of aliphatic hydroxyl groups is 1. The molecule has 0 radical (unpaired) electrons. The Hall–Kier alpha value is -1.20. The van der Waals surface area contributed by atoms with Crippen molar-refractivity contribution >= 4 is 15.9 Å². The molecule has 1 unspecified atom stereocenters. The van der Waals surface area contributed by atoms with Gasteiger partial charge in [0.25, 0.3) is 0 Å². The SMILES string of the molecule is OC(Cn1cnnc1)c1ccccc1Br. The molecule has 1 aromatic heterocycles. The standard InChI is InChI=1S/C10H10BrN3O/c11-9-4-2-1-3-8(9)10(15)5-14-6-12-13-7-14/h1-4,6-7,10,15H,5H2. The van der Waals surface area contributed by atoms with Crippen LogP contribution in [-0.2, 0) is 6.54 Å². The Balaban J connectivity index is 2.15. The van der Waals surface area contributed by atoms with Gasteiger partial charge in [0.1, 0.15) is 12.7 Å². The van der Waals surface area contributed by atoms with Gasteiger partial charge in [0.05, 0.1) is 12.6 Å². The molecule has 15 heavy (non-hydrogen) atoms. The lowest BCUT2D eigenvalue weighted by atomic mass is 10.1. The van der Waals surface area contributed by atoms with Gasteiger partial charge >= 0.3 is 0 Å². The summed E-state index contributed by atoms with van der Waals surface area (Å²) in [7, 11) is 0. The van der Waals surface area contributed by atoms with Crippen LogP contribution < -0.4 is 0 Å². The van der Waals surface area contributed by atoms with Crippen LogP contribution >= 0.6 is 15.9 Å². The molecule has 5 heteroatoms. The fourth-order valence-electron chi connectivity index (χ4n) is 1.36. The number of benzene rings is 1. The van der Waals surface area contributed by atoms with Crippen molar-refractivity contribution in [2.75, 3.05) is 0 Å². The topological polar surface area (TPSA) is 50.9 Å². The first-order valence-corrected chi connectivity index (χ1v) is 5.31. The van der Waals surface area contributed by atoms with Crippen LogP contribution in [0.15, 0.2) is 41.4 Å². The molecule has 0 spiro atoms. The molecule has 2 aromatic rings. The van der Waals surface area contributed by atoms with Gasteiger partial charge in [-0.3, -0.25) is 0 Å². The van der Waals surface area contributed by atoms with Crippen LogP contribution in [0.1, 0.15) is 11.7 Å². The van der Waals surface area contributed by atoms with Crippen molar-refractivity contribution in [3.63, 3.8) is 0 Å². The van der Waals surface area contributed by atoms with Crippen molar-refractivity contribution < 1.29 is 5.11 Å². The molecular formula is C10H10BrN3O. The third kappa shape index (κ3) is 2.43. The summed E-state index contributed by atoms with van der Waals surface area (Å²) in [5.74, 6) is 0. The minimum absolute atomic E-state index is 0.454. The van der Waals surface area contributed by atoms with Crippen LogP contribution in [0.4, 0.5) is 0 Å². The van der Waals surface area contributed by atoms with E-state index < -0.39 is 6.10 Å². The fraction of sp³-hybridized carbons (Fsp3) is 0.200. The van der Waals surface area contributed by atoms with E-state index >= 15 is 0 Å². The zero-order valence-corrected chi connectivity index (χ0v) is 9.50. The highest BCUT2D eigenvalue weighted by molar-refractivity contribution is 9.10. The van der Waals surface area contributed by atoms with Crippen LogP contribution in [0, 0.1) is 0 Å². The second kappa shape index (κ2) is 4.55. The zero-order valence-electron chi connectivity index (χ0n) is 7.92. The lowest BCUT2D eigenvalue weighted by Crippen LogP contribution is -2.07. The van der Waals surface area contributed by atoms with Gasteiger partial charge < -0.3 is 9.67 Å². The van der Waals surface area contributed by atoms with Crippen molar-refractivity contribution in [2.45, 2.75) is 12.6 Å². The van der Waals surface area contributed by atoms with Gasteiger partial charge in [-0.25, -0.2) is 0 Å². The Kier molecular flexibility index (Phi) is 3.13. The molecule has 2 rings (SSSR count). The summed E-state index contributed by atoms with van der Waals surface area (Å²) in [4.78, 5) is 0. The number of halogens is 1. The highest BCUT2D eigenvalue weighted by Crippen LogP contribution is 2.23. The molecule has 0 saturated carbocycles. The second-order valence-corrected chi connectivity index (χ2v) is 4.05. The predicted molar refractivity (Wildman–Crippen MR) is 59.1 cm³/mol. The van der Waals surface area contributed by atoms with E-state index in [2.05, 4.69) is 26.1 Å². The fourth-order valence-corrected chi connectivity index (χ4v) is 1.91. The molecule has 4 nitrogen and oxygen atoms in total. The van der Waals surface area contributed by atoms with E-state index in [4.69, 9.17) is 0 Å². The molecule has 0 fully saturated rings. The normalized spacial score (nSPS) is 12.7. The van der Waals surface area contributed by atoms with Crippen LogP contribution in [0.5, 0.6) is 0 Å². The highest BCUT2D eigenvalue weighted by atomic mass is 79.9. The summed E-state index contributed by atoms with van der Waals surface area (Å²) >= 11 is 3.40. The second-order valence-electron chi connectivity index (χ2n) is 3.20. The molecule has 0 saturated heterocycles. The highest BCUT2D eigenvalue weighted by Gasteiger charge is 2.10. The van der Waals surface area contributed by atoms with Gasteiger partial charge in [0.15, 0.2) is 0 Å². The van der Waals surface area contributed by atoms with Gasteiger partial charge in [-0.2, -0.15) is 0 Å². The van der Waals surface area contributed by atoms with E-state index in [0.717, 1.165) is 10.0 Å². The van der Waals surface area contributed by atoms with Crippen molar-refractivity contribution in [2.24, 2.45) is 0 Å². The summed E-state index contributed by atoms with van der Waals surface area (Å²) in [5, 5.41) is 17.3. The van der Waals surface area contributed by atoms with E-state index in [9.17, 15) is 5.11 Å². The minimum atomic E-state index is -0.559. The van der Waals surface area contributed by atoms with Crippen molar-refractivity contribution in [1.82, 2.24) is 14.8 Å². The van der Waals surface area contributed by atoms with Gasteiger partial charge in [0.2, 0.25) is 0 Å². The van der Waals surface area contributed by atoms with E-state index in [-0.39, 0.29) is 0 Å². The molecule has 1 N–H and O–H groups in total. The summed E-state index contributed by atoms with van der Waals surface area (Å²) in [5.41, 5.74) is 0.867. The first kappa shape index (κ1) is 10.3. The van der Waals surface area contributed by atoms with Crippen molar-refractivity contribution in [1.29, 1.82) is 0 Å². The summed E-state index contributed by atoms with van der Waals surface area (Å²) in [6, 6.07) is 7.61. The number of aliphatic hydroxyl groups excluding tert-OH is 1. The minimum Gasteiger partial charge on any atom is -0.386 e. The quantitative estimate of drug-likeness (QED) is 0.923.